The Morgan fingerprint density at radius 1 is 0.688 bits per heavy atom. The molecular weight excluding hydrogens is 692 g/mol. The van der Waals surface area contributed by atoms with Crippen LogP contribution in [0.2, 0.25) is 0 Å². The Hall–Kier alpha value is 3.78. The van der Waals surface area contributed by atoms with Crippen molar-refractivity contribution in [3.8, 4) is 0 Å². The molecule has 3 fully saturated rings. The zero-order chi connectivity index (χ0) is 22.6. The minimum atomic E-state index is -2.53. The Bertz CT molecular complexity index is 1100. The molecule has 32 heavy (non-hydrogen) atoms. The number of rotatable bonds is 0. The molecule has 0 aromatic heterocycles. The number of halogens is 4. The monoisotopic (exact) mass is 710 g/mol. The van der Waals surface area contributed by atoms with Gasteiger partial charge in [0, 0.05) is 43.5 Å². The summed E-state index contributed by atoms with van der Waals surface area (Å²) in [4.78, 5) is 4.51. The van der Waals surface area contributed by atoms with Crippen molar-refractivity contribution in [2.75, 3.05) is 49.2 Å². The summed E-state index contributed by atoms with van der Waals surface area (Å²) < 4.78 is 26.7. The first-order valence-corrected chi connectivity index (χ1v) is 29.4. The van der Waals surface area contributed by atoms with Crippen molar-refractivity contribution < 1.29 is 4.74 Å². The highest BCUT2D eigenvalue weighted by atomic mass is 35.9. The van der Waals surface area contributed by atoms with E-state index in [4.69, 9.17) is 54.0 Å². The van der Waals surface area contributed by atoms with Gasteiger partial charge in [-0.25, -0.2) is 4.74 Å². The Kier molecular flexibility index (Phi) is 8.89. The van der Waals surface area contributed by atoms with E-state index in [1.165, 1.54) is 0 Å². The van der Waals surface area contributed by atoms with Crippen LogP contribution in [0.15, 0.2) is 22.6 Å². The van der Waals surface area contributed by atoms with Crippen LogP contribution in [0.3, 0.4) is 0 Å². The molecule has 24 heteroatoms. The Morgan fingerprint density at radius 3 is 1.91 bits per heavy atom. The van der Waals surface area contributed by atoms with Crippen LogP contribution in [0.25, 0.3) is 4.86 Å². The van der Waals surface area contributed by atoms with Gasteiger partial charge < -0.3 is 4.86 Å². The van der Waals surface area contributed by atoms with E-state index in [9.17, 15) is 0 Å². The van der Waals surface area contributed by atoms with Crippen LogP contribution in [0, 0.1) is 0 Å². The zero-order valence-corrected chi connectivity index (χ0v) is 27.8. The summed E-state index contributed by atoms with van der Waals surface area (Å²) in [5.74, 6) is -0.958. The van der Waals surface area contributed by atoms with Crippen molar-refractivity contribution in [1.29, 1.82) is 0 Å². The fourth-order valence-corrected chi connectivity index (χ4v) is 49.7. The third kappa shape index (κ3) is 6.32. The smallest absolute Gasteiger partial charge is 0.378 e. The molecule has 0 unspecified atom stereocenters. The quantitative estimate of drug-likeness (QED) is 0.185. The first kappa shape index (κ1) is 27.4. The predicted octanol–water partition coefficient (Wildman–Crippen LogP) is 8.84. The third-order valence-corrected chi connectivity index (χ3v) is 39.1. The molecule has 184 valence electrons. The molecule has 0 saturated carbocycles. The molecule has 0 aromatic rings. The minimum absolute atomic E-state index is 0.934. The molecule has 4 atom stereocenters. The molecule has 6 aliphatic heterocycles. The molecule has 6 aliphatic rings. The first-order valence-electron chi connectivity index (χ1n) is 9.27. The standard InChI is InChI=1S/C4H10Cl2N5P3S2.C4H9Cl2N5P3S2/c2*5-12(6)9-13(7-1-3-15-13)11-14(10-12)8-2-4-16-14/h7-8H,1-4H2;7H,1-4H2/q;-1/p+1/t2*13-,14+/m.1/s1. The largest absolute Gasteiger partial charge is 0.532 e. The number of nitrogens with one attached hydrogen (secondary N) is 4. The molecule has 6 rings (SSSR count). The van der Waals surface area contributed by atoms with E-state index in [2.05, 4.69) is 38.4 Å². The molecular formula is C8H20Cl4N10P6S4. The number of hydrogen-bond acceptors (Lipinski definition) is 12. The highest BCUT2D eigenvalue weighted by Crippen LogP contribution is 2.92. The normalized spacial score (nSPS) is 45.4. The zero-order valence-electron chi connectivity index (χ0n) is 16.2. The van der Waals surface area contributed by atoms with E-state index in [1.54, 1.807) is 45.5 Å². The van der Waals surface area contributed by atoms with Crippen molar-refractivity contribution in [1.82, 2.24) is 15.3 Å². The van der Waals surface area contributed by atoms with Gasteiger partial charge in [-0.1, -0.05) is 45.2 Å². The van der Waals surface area contributed by atoms with Gasteiger partial charge >= 0.3 is 6.56 Å². The topological polar surface area (TPSA) is 126 Å². The lowest BCUT2D eigenvalue weighted by Crippen LogP contribution is -2.63. The van der Waals surface area contributed by atoms with Gasteiger partial charge in [-0.3, -0.25) is 15.3 Å². The molecule has 6 heterocycles. The second-order valence-electron chi connectivity index (χ2n) is 6.59. The van der Waals surface area contributed by atoms with E-state index >= 15 is 0 Å². The maximum absolute atomic E-state index is 6.24. The molecule has 0 aliphatic carbocycles. The third-order valence-electron chi connectivity index (χ3n) is 4.16. The lowest BCUT2D eigenvalue weighted by Gasteiger charge is -2.40. The fraction of sp³-hybridized carbons (Fsp3) is 1.00. The van der Waals surface area contributed by atoms with Crippen molar-refractivity contribution in [2.45, 2.75) is 0 Å². The Balaban J connectivity index is 0.000000135. The molecule has 4 spiro atoms. The molecule has 4 N–H and O–H groups in total. The van der Waals surface area contributed by atoms with Gasteiger partial charge in [0.25, 0.3) is 5.91 Å². The Labute approximate surface area is 223 Å². The summed E-state index contributed by atoms with van der Waals surface area (Å²) in [6, 6.07) is 0. The van der Waals surface area contributed by atoms with Crippen LogP contribution >= 0.6 is 129 Å². The van der Waals surface area contributed by atoms with Crippen LogP contribution in [-0.2, 0) is 0 Å². The summed E-state index contributed by atoms with van der Waals surface area (Å²) >= 11 is 32.0. The van der Waals surface area contributed by atoms with E-state index in [0.29, 0.717) is 0 Å². The van der Waals surface area contributed by atoms with E-state index in [0.717, 1.165) is 49.2 Å². The van der Waals surface area contributed by atoms with E-state index in [-0.39, 0.29) is 0 Å². The SMILES string of the molecule is ClP1(Cl)=N[P@@]2(=N[P@@]3(=N1)NCCS3)NCCS2.ClP1(Cl)=N[P@@]2(=[NH+]CCS2)N=[P@]2([N-]1)NCCS2. The molecule has 0 bridgehead atoms. The second kappa shape index (κ2) is 10.4. The van der Waals surface area contributed by atoms with Gasteiger partial charge in [0.2, 0.25) is 13.1 Å². The predicted molar refractivity (Wildman–Crippen MR) is 160 cm³/mol. The molecule has 0 amide bonds. The van der Waals surface area contributed by atoms with Crippen molar-refractivity contribution in [3.05, 3.63) is 4.86 Å². The van der Waals surface area contributed by atoms with Crippen molar-refractivity contribution >= 4 is 129 Å². The van der Waals surface area contributed by atoms with Gasteiger partial charge in [-0.05, 0) is 33.9 Å². The lowest BCUT2D eigenvalue weighted by molar-refractivity contribution is -0.424. The summed E-state index contributed by atoms with van der Waals surface area (Å²) in [6.07, 6.45) is 0. The highest BCUT2D eigenvalue weighted by Gasteiger charge is 2.40. The maximum atomic E-state index is 6.24. The Morgan fingerprint density at radius 2 is 1.34 bits per heavy atom. The fourth-order valence-electron chi connectivity index (χ4n) is 3.12. The lowest BCUT2D eigenvalue weighted by atomic mass is 10.8. The molecule has 10 nitrogen and oxygen atoms in total. The second-order valence-corrected chi connectivity index (χ2v) is 36.9. The summed E-state index contributed by atoms with van der Waals surface area (Å²) in [5, 5.41) is 10.2. The number of nitrogens with zero attached hydrogens (tertiary/aromatic N) is 6. The maximum Gasteiger partial charge on any atom is 0.378 e. The van der Waals surface area contributed by atoms with Gasteiger partial charge in [0.1, 0.15) is 6.54 Å². The first-order chi connectivity index (χ1) is 15.1. The molecule has 0 aromatic carbocycles. The number of hydrogen-bond donors (Lipinski definition) is 4. The average molecular weight is 712 g/mol. The van der Waals surface area contributed by atoms with E-state index < -0.39 is 38.1 Å². The average Bonchev–Trinajstić information content (AvgIpc) is 3.45. The summed E-state index contributed by atoms with van der Waals surface area (Å²) in [6.45, 7) is -3.87. The van der Waals surface area contributed by atoms with E-state index in [1.807, 2.05) is 0 Å². The molecule has 0 radical (unpaired) electrons. The summed E-state index contributed by atoms with van der Waals surface area (Å²) in [7, 11) is 0. The van der Waals surface area contributed by atoms with Crippen LogP contribution < -0.4 is 20.0 Å². The van der Waals surface area contributed by atoms with Gasteiger partial charge in [0.05, 0.1) is 11.7 Å². The van der Waals surface area contributed by atoms with Gasteiger partial charge in [-0.15, -0.1) is 11.4 Å². The van der Waals surface area contributed by atoms with Crippen molar-refractivity contribution in [3.63, 3.8) is 0 Å². The van der Waals surface area contributed by atoms with Crippen LogP contribution in [0.5, 0.6) is 0 Å². The molecule has 3 saturated heterocycles. The van der Waals surface area contributed by atoms with Gasteiger partial charge in [0.15, 0.2) is 0 Å². The summed E-state index contributed by atoms with van der Waals surface area (Å²) in [5.41, 5.74) is 0. The highest BCUT2D eigenvalue weighted by molar-refractivity contribution is 8.66. The van der Waals surface area contributed by atoms with Crippen LogP contribution in [0.1, 0.15) is 0 Å². The van der Waals surface area contributed by atoms with Gasteiger partial charge in [-0.2, -0.15) is 22.6 Å². The van der Waals surface area contributed by atoms with Crippen molar-refractivity contribution in [2.24, 2.45) is 22.6 Å². The van der Waals surface area contributed by atoms with Crippen LogP contribution in [0.4, 0.5) is 0 Å². The minimum Gasteiger partial charge on any atom is -0.532 e. The van der Waals surface area contributed by atoms with Crippen LogP contribution in [-0.4, -0.2) is 49.2 Å².